The number of hydrogen-bond acceptors (Lipinski definition) is 2. The Morgan fingerprint density at radius 2 is 2.12 bits per heavy atom. The van der Waals surface area contributed by atoms with Crippen LogP contribution in [0.15, 0.2) is 28.7 Å². The summed E-state index contributed by atoms with van der Waals surface area (Å²) in [5.41, 5.74) is 1.06. The summed E-state index contributed by atoms with van der Waals surface area (Å²) in [6.07, 6.45) is 0.818. The lowest BCUT2D eigenvalue weighted by Gasteiger charge is -2.08. The van der Waals surface area contributed by atoms with E-state index in [1.165, 1.54) is 0 Å². The summed E-state index contributed by atoms with van der Waals surface area (Å²) < 4.78 is 5.89. The molecule has 0 radical (unpaired) electrons. The zero-order chi connectivity index (χ0) is 12.5. The molecule has 4 nitrogen and oxygen atoms in total. The largest absolute Gasteiger partial charge is 0.385 e. The molecule has 0 atom stereocenters. The molecule has 2 N–H and O–H groups in total. The van der Waals surface area contributed by atoms with Gasteiger partial charge in [0.05, 0.1) is 0 Å². The maximum Gasteiger partial charge on any atom is 0.315 e. The molecule has 0 aromatic heterocycles. The number of carbonyl (C=O) groups excluding carboxylic acids is 1. The first-order valence-electron chi connectivity index (χ1n) is 5.48. The topological polar surface area (TPSA) is 50.4 Å². The fourth-order valence-electron chi connectivity index (χ4n) is 1.30. The molecule has 1 aromatic carbocycles. The van der Waals surface area contributed by atoms with Crippen LogP contribution in [0, 0.1) is 0 Å². The highest BCUT2D eigenvalue weighted by molar-refractivity contribution is 9.10. The van der Waals surface area contributed by atoms with Gasteiger partial charge in [-0.2, -0.15) is 0 Å². The van der Waals surface area contributed by atoms with E-state index in [0.29, 0.717) is 19.7 Å². The molecule has 0 unspecified atom stereocenters. The van der Waals surface area contributed by atoms with E-state index in [9.17, 15) is 4.79 Å². The molecule has 5 heteroatoms. The van der Waals surface area contributed by atoms with Gasteiger partial charge in [0.25, 0.3) is 0 Å². The lowest BCUT2D eigenvalue weighted by atomic mass is 10.2. The van der Waals surface area contributed by atoms with Crippen LogP contribution in [0.25, 0.3) is 0 Å². The Morgan fingerprint density at radius 1 is 1.35 bits per heavy atom. The first-order chi connectivity index (χ1) is 8.24. The highest BCUT2D eigenvalue weighted by Gasteiger charge is 2.01. The summed E-state index contributed by atoms with van der Waals surface area (Å²) in [4.78, 5) is 11.4. The average molecular weight is 301 g/mol. The minimum atomic E-state index is -0.156. The quantitative estimate of drug-likeness (QED) is 0.792. The van der Waals surface area contributed by atoms with Crippen LogP contribution in [0.1, 0.15) is 12.0 Å². The van der Waals surface area contributed by atoms with Crippen molar-refractivity contribution in [2.24, 2.45) is 0 Å². The fourth-order valence-corrected chi connectivity index (χ4v) is 1.72. The van der Waals surface area contributed by atoms with Gasteiger partial charge in [0.15, 0.2) is 0 Å². The number of carbonyl (C=O) groups is 1. The van der Waals surface area contributed by atoms with E-state index in [1.54, 1.807) is 7.11 Å². The Labute approximate surface area is 110 Å². The lowest BCUT2D eigenvalue weighted by Crippen LogP contribution is -2.35. The van der Waals surface area contributed by atoms with Gasteiger partial charge in [0.2, 0.25) is 0 Å². The third kappa shape index (κ3) is 5.70. The first kappa shape index (κ1) is 14.0. The van der Waals surface area contributed by atoms with Crippen LogP contribution < -0.4 is 10.6 Å². The van der Waals surface area contributed by atoms with Gasteiger partial charge in [-0.3, -0.25) is 0 Å². The first-order valence-corrected chi connectivity index (χ1v) is 6.27. The number of hydrogen-bond donors (Lipinski definition) is 2. The van der Waals surface area contributed by atoms with Gasteiger partial charge in [0, 0.05) is 31.3 Å². The standard InChI is InChI=1S/C12H17BrN2O2/c1-17-8-4-7-14-12(16)15-9-10-5-2-3-6-11(10)13/h2-3,5-6H,4,7-9H2,1H3,(H2,14,15,16). The second kappa shape index (κ2) is 8.08. The van der Waals surface area contributed by atoms with Gasteiger partial charge in [-0.05, 0) is 18.1 Å². The van der Waals surface area contributed by atoms with Gasteiger partial charge in [-0.15, -0.1) is 0 Å². The molecule has 0 spiro atoms. The summed E-state index contributed by atoms with van der Waals surface area (Å²) in [6.45, 7) is 1.79. The number of benzene rings is 1. The number of halogens is 1. The van der Waals surface area contributed by atoms with Crippen molar-refractivity contribution < 1.29 is 9.53 Å². The number of methoxy groups -OCH3 is 1. The number of amides is 2. The monoisotopic (exact) mass is 300 g/mol. The Balaban J connectivity index is 2.22. The molecular weight excluding hydrogens is 284 g/mol. The van der Waals surface area contributed by atoms with Gasteiger partial charge in [-0.25, -0.2) is 4.79 Å². The summed E-state index contributed by atoms with van der Waals surface area (Å²) in [5, 5.41) is 5.56. The molecule has 0 aliphatic heterocycles. The van der Waals surface area contributed by atoms with E-state index in [-0.39, 0.29) is 6.03 Å². The predicted molar refractivity (Wildman–Crippen MR) is 70.9 cm³/mol. The molecule has 0 heterocycles. The van der Waals surface area contributed by atoms with Gasteiger partial charge >= 0.3 is 6.03 Å². The van der Waals surface area contributed by atoms with E-state index in [4.69, 9.17) is 4.74 Å². The number of ether oxygens (including phenoxy) is 1. The van der Waals surface area contributed by atoms with E-state index < -0.39 is 0 Å². The van der Waals surface area contributed by atoms with Crippen LogP contribution in [-0.2, 0) is 11.3 Å². The zero-order valence-electron chi connectivity index (χ0n) is 9.83. The second-order valence-corrected chi connectivity index (χ2v) is 4.40. The van der Waals surface area contributed by atoms with Crippen molar-refractivity contribution >= 4 is 22.0 Å². The molecule has 0 saturated heterocycles. The van der Waals surface area contributed by atoms with Crippen LogP contribution in [0.4, 0.5) is 4.79 Å². The van der Waals surface area contributed by atoms with Crippen LogP contribution >= 0.6 is 15.9 Å². The number of nitrogens with one attached hydrogen (secondary N) is 2. The van der Waals surface area contributed by atoms with Crippen molar-refractivity contribution in [3.05, 3.63) is 34.3 Å². The van der Waals surface area contributed by atoms with Crippen LogP contribution in [0.3, 0.4) is 0 Å². The molecule has 94 valence electrons. The molecule has 0 aliphatic carbocycles. The SMILES string of the molecule is COCCCNC(=O)NCc1ccccc1Br. The lowest BCUT2D eigenvalue weighted by molar-refractivity contribution is 0.193. The molecule has 1 aromatic rings. The van der Waals surface area contributed by atoms with E-state index in [2.05, 4.69) is 26.6 Å². The van der Waals surface area contributed by atoms with Crippen LogP contribution in [0.5, 0.6) is 0 Å². The van der Waals surface area contributed by atoms with Crippen LogP contribution in [0.2, 0.25) is 0 Å². The van der Waals surface area contributed by atoms with Crippen molar-refractivity contribution in [3.8, 4) is 0 Å². The minimum Gasteiger partial charge on any atom is -0.385 e. The van der Waals surface area contributed by atoms with Gasteiger partial charge in [0.1, 0.15) is 0 Å². The van der Waals surface area contributed by atoms with Crippen molar-refractivity contribution in [1.82, 2.24) is 10.6 Å². The Kier molecular flexibility index (Phi) is 6.65. The van der Waals surface area contributed by atoms with Crippen molar-refractivity contribution in [3.63, 3.8) is 0 Å². The highest BCUT2D eigenvalue weighted by atomic mass is 79.9. The normalized spacial score (nSPS) is 10.0. The van der Waals surface area contributed by atoms with Crippen LogP contribution in [-0.4, -0.2) is 26.3 Å². The summed E-state index contributed by atoms with van der Waals surface area (Å²) in [6, 6.07) is 7.65. The molecule has 0 bridgehead atoms. The van der Waals surface area contributed by atoms with Crippen molar-refractivity contribution in [2.45, 2.75) is 13.0 Å². The summed E-state index contributed by atoms with van der Waals surface area (Å²) in [7, 11) is 1.65. The number of urea groups is 1. The maximum absolute atomic E-state index is 11.4. The fraction of sp³-hybridized carbons (Fsp3) is 0.417. The van der Waals surface area contributed by atoms with Crippen molar-refractivity contribution in [1.29, 1.82) is 0 Å². The predicted octanol–water partition coefficient (Wildman–Crippen LogP) is 2.28. The molecule has 2 amide bonds. The van der Waals surface area contributed by atoms with Gasteiger partial charge < -0.3 is 15.4 Å². The highest BCUT2D eigenvalue weighted by Crippen LogP contribution is 2.14. The second-order valence-electron chi connectivity index (χ2n) is 3.55. The van der Waals surface area contributed by atoms with Crippen molar-refractivity contribution in [2.75, 3.05) is 20.3 Å². The van der Waals surface area contributed by atoms with E-state index in [1.807, 2.05) is 24.3 Å². The Hall–Kier alpha value is -1.07. The third-order valence-electron chi connectivity index (χ3n) is 2.21. The zero-order valence-corrected chi connectivity index (χ0v) is 11.4. The van der Waals surface area contributed by atoms with Gasteiger partial charge in [-0.1, -0.05) is 34.1 Å². The minimum absolute atomic E-state index is 0.156. The molecule has 17 heavy (non-hydrogen) atoms. The molecular formula is C12H17BrN2O2. The average Bonchev–Trinajstić information content (AvgIpc) is 2.34. The Bertz CT molecular complexity index is 358. The maximum atomic E-state index is 11.4. The summed E-state index contributed by atoms with van der Waals surface area (Å²) >= 11 is 3.43. The third-order valence-corrected chi connectivity index (χ3v) is 2.98. The molecule has 0 saturated carbocycles. The molecule has 0 aliphatic rings. The molecule has 0 fully saturated rings. The molecule has 1 rings (SSSR count). The number of rotatable bonds is 6. The summed E-state index contributed by atoms with van der Waals surface area (Å²) in [5.74, 6) is 0. The smallest absolute Gasteiger partial charge is 0.315 e. The Morgan fingerprint density at radius 3 is 2.82 bits per heavy atom. The van der Waals surface area contributed by atoms with E-state index in [0.717, 1.165) is 16.5 Å². The van der Waals surface area contributed by atoms with E-state index >= 15 is 0 Å².